The summed E-state index contributed by atoms with van der Waals surface area (Å²) in [6.07, 6.45) is 0.0865. The molecule has 1 aromatic carbocycles. The van der Waals surface area contributed by atoms with Crippen molar-refractivity contribution in [3.05, 3.63) is 23.8 Å². The van der Waals surface area contributed by atoms with Gasteiger partial charge in [0.1, 0.15) is 17.1 Å². The molecule has 6 nitrogen and oxygen atoms in total. The Morgan fingerprint density at radius 2 is 1.91 bits per heavy atom. The van der Waals surface area contributed by atoms with Gasteiger partial charge in [0.05, 0.1) is 33.0 Å². The molecule has 2 aliphatic rings. The van der Waals surface area contributed by atoms with Crippen LogP contribution < -0.4 is 9.47 Å². The lowest BCUT2D eigenvalue weighted by Gasteiger charge is -2.33. The highest BCUT2D eigenvalue weighted by Crippen LogP contribution is 2.32. The van der Waals surface area contributed by atoms with Crippen LogP contribution in [-0.4, -0.2) is 75.4 Å². The Hall–Kier alpha value is -1.79. The average molecular weight is 306 g/mol. The van der Waals surface area contributed by atoms with Crippen molar-refractivity contribution < 1.29 is 19.0 Å². The largest absolute Gasteiger partial charge is 0.496 e. The van der Waals surface area contributed by atoms with Gasteiger partial charge in [-0.2, -0.15) is 0 Å². The topological polar surface area (TPSA) is 51.2 Å². The van der Waals surface area contributed by atoms with Crippen LogP contribution in [0.2, 0.25) is 0 Å². The summed E-state index contributed by atoms with van der Waals surface area (Å²) in [5, 5.41) is 0. The molecule has 6 heteroatoms. The fourth-order valence-corrected chi connectivity index (χ4v) is 3.24. The first-order valence-corrected chi connectivity index (χ1v) is 7.47. The van der Waals surface area contributed by atoms with Gasteiger partial charge in [-0.3, -0.25) is 9.69 Å². The minimum atomic E-state index is -0.0688. The Kier molecular flexibility index (Phi) is 4.22. The molecule has 0 aromatic heterocycles. The number of hydrogen-bond donors (Lipinski definition) is 0. The molecule has 2 atom stereocenters. The first kappa shape index (κ1) is 15.1. The van der Waals surface area contributed by atoms with Gasteiger partial charge in [0.2, 0.25) is 0 Å². The molecule has 120 valence electrons. The molecule has 1 amide bonds. The van der Waals surface area contributed by atoms with Crippen molar-refractivity contribution in [2.45, 2.75) is 12.1 Å². The Bertz CT molecular complexity index is 541. The zero-order valence-corrected chi connectivity index (χ0v) is 13.2. The zero-order chi connectivity index (χ0) is 15.7. The molecule has 0 unspecified atom stereocenters. The quantitative estimate of drug-likeness (QED) is 0.829. The van der Waals surface area contributed by atoms with Crippen LogP contribution in [0, 0.1) is 0 Å². The molecular formula is C16H22N2O4. The molecule has 2 heterocycles. The summed E-state index contributed by atoms with van der Waals surface area (Å²) in [7, 11) is 5.20. The lowest BCUT2D eigenvalue weighted by molar-refractivity contribution is -0.0368. The van der Waals surface area contributed by atoms with Crippen LogP contribution in [0.1, 0.15) is 10.4 Å². The first-order chi connectivity index (χ1) is 10.7. The maximum Gasteiger partial charge on any atom is 0.261 e. The molecule has 0 spiro atoms. The molecule has 2 saturated heterocycles. The van der Waals surface area contributed by atoms with Crippen LogP contribution in [0.4, 0.5) is 0 Å². The smallest absolute Gasteiger partial charge is 0.261 e. The van der Waals surface area contributed by atoms with Gasteiger partial charge in [-0.05, 0) is 19.2 Å². The van der Waals surface area contributed by atoms with E-state index in [-0.39, 0.29) is 18.1 Å². The number of morpholine rings is 1. The third kappa shape index (κ3) is 2.53. The standard InChI is InChI=1S/C16H22N2O4/c1-17-7-8-22-14-10-18(9-11(14)17)16(19)15-12(20-2)5-4-6-13(15)21-3/h4-6,11,14H,7-10H2,1-3H3/t11-,14+/m0/s1. The second-order valence-corrected chi connectivity index (χ2v) is 5.70. The second kappa shape index (κ2) is 6.14. The van der Waals surface area contributed by atoms with Gasteiger partial charge in [-0.25, -0.2) is 0 Å². The van der Waals surface area contributed by atoms with Crippen LogP contribution in [-0.2, 0) is 4.74 Å². The summed E-state index contributed by atoms with van der Waals surface area (Å²) in [6.45, 7) is 2.90. The van der Waals surface area contributed by atoms with Gasteiger partial charge in [-0.15, -0.1) is 0 Å². The molecule has 2 fully saturated rings. The molecule has 0 saturated carbocycles. The van der Waals surface area contributed by atoms with Gasteiger partial charge in [-0.1, -0.05) is 6.07 Å². The van der Waals surface area contributed by atoms with Gasteiger partial charge >= 0.3 is 0 Å². The zero-order valence-electron chi connectivity index (χ0n) is 13.2. The predicted octanol–water partition coefficient (Wildman–Crippen LogP) is 0.859. The minimum absolute atomic E-state index is 0.0688. The van der Waals surface area contributed by atoms with E-state index in [0.29, 0.717) is 30.2 Å². The number of likely N-dealkylation sites (N-methyl/N-ethyl adjacent to an activating group) is 1. The highest BCUT2D eigenvalue weighted by atomic mass is 16.5. The third-order valence-corrected chi connectivity index (χ3v) is 4.51. The number of amides is 1. The Morgan fingerprint density at radius 3 is 2.50 bits per heavy atom. The Morgan fingerprint density at radius 1 is 1.23 bits per heavy atom. The van der Waals surface area contributed by atoms with Crippen LogP contribution in [0.3, 0.4) is 0 Å². The van der Waals surface area contributed by atoms with Crippen LogP contribution in [0.25, 0.3) is 0 Å². The number of methoxy groups -OCH3 is 2. The van der Waals surface area contributed by atoms with Crippen molar-refractivity contribution in [1.29, 1.82) is 0 Å². The fourth-order valence-electron chi connectivity index (χ4n) is 3.24. The highest BCUT2D eigenvalue weighted by molar-refractivity contribution is 6.00. The van der Waals surface area contributed by atoms with Gasteiger partial charge < -0.3 is 19.1 Å². The summed E-state index contributed by atoms with van der Waals surface area (Å²) in [4.78, 5) is 17.0. The highest BCUT2D eigenvalue weighted by Gasteiger charge is 2.41. The van der Waals surface area contributed by atoms with Crippen molar-refractivity contribution in [3.8, 4) is 11.5 Å². The fraction of sp³-hybridized carbons (Fsp3) is 0.562. The minimum Gasteiger partial charge on any atom is -0.496 e. The molecular weight excluding hydrogens is 284 g/mol. The number of likely N-dealkylation sites (tertiary alicyclic amines) is 1. The number of carbonyl (C=O) groups excluding carboxylic acids is 1. The van der Waals surface area contributed by atoms with Crippen molar-refractivity contribution in [1.82, 2.24) is 9.80 Å². The summed E-state index contributed by atoms with van der Waals surface area (Å²) in [5.74, 6) is 1.00. The number of carbonyl (C=O) groups is 1. The molecule has 22 heavy (non-hydrogen) atoms. The Balaban J connectivity index is 1.86. The van der Waals surface area contributed by atoms with E-state index in [0.717, 1.165) is 13.2 Å². The van der Waals surface area contributed by atoms with Crippen LogP contribution in [0.5, 0.6) is 11.5 Å². The molecule has 0 bridgehead atoms. The molecule has 0 aliphatic carbocycles. The van der Waals surface area contributed by atoms with E-state index in [2.05, 4.69) is 11.9 Å². The van der Waals surface area contributed by atoms with Crippen molar-refractivity contribution in [2.24, 2.45) is 0 Å². The van der Waals surface area contributed by atoms with Crippen LogP contribution in [0.15, 0.2) is 18.2 Å². The normalized spacial score (nSPS) is 25.0. The monoisotopic (exact) mass is 306 g/mol. The van der Waals surface area contributed by atoms with E-state index in [9.17, 15) is 4.79 Å². The lowest BCUT2D eigenvalue weighted by atomic mass is 10.1. The van der Waals surface area contributed by atoms with E-state index in [1.807, 2.05) is 11.0 Å². The second-order valence-electron chi connectivity index (χ2n) is 5.70. The number of rotatable bonds is 3. The van der Waals surface area contributed by atoms with E-state index < -0.39 is 0 Å². The summed E-state index contributed by atoms with van der Waals surface area (Å²) < 4.78 is 16.5. The van der Waals surface area contributed by atoms with E-state index in [4.69, 9.17) is 14.2 Å². The number of nitrogens with zero attached hydrogens (tertiary/aromatic N) is 2. The molecule has 1 aromatic rings. The third-order valence-electron chi connectivity index (χ3n) is 4.51. The lowest BCUT2D eigenvalue weighted by Crippen LogP contribution is -2.48. The maximum atomic E-state index is 12.9. The van der Waals surface area contributed by atoms with Crippen molar-refractivity contribution in [2.75, 3.05) is 47.5 Å². The van der Waals surface area contributed by atoms with Crippen molar-refractivity contribution >= 4 is 5.91 Å². The first-order valence-electron chi connectivity index (χ1n) is 7.47. The molecule has 0 radical (unpaired) electrons. The number of ether oxygens (including phenoxy) is 3. The van der Waals surface area contributed by atoms with E-state index in [1.165, 1.54) is 0 Å². The van der Waals surface area contributed by atoms with E-state index >= 15 is 0 Å². The summed E-state index contributed by atoms with van der Waals surface area (Å²) >= 11 is 0. The SMILES string of the molecule is COc1cccc(OC)c1C(=O)N1C[C@H]2OCCN(C)[C@H]2C1. The number of hydrogen-bond acceptors (Lipinski definition) is 5. The number of benzene rings is 1. The maximum absolute atomic E-state index is 12.9. The number of fused-ring (bicyclic) bond motifs is 1. The van der Waals surface area contributed by atoms with Gasteiger partial charge in [0.15, 0.2) is 0 Å². The molecule has 2 aliphatic heterocycles. The van der Waals surface area contributed by atoms with Crippen LogP contribution >= 0.6 is 0 Å². The Labute approximate surface area is 130 Å². The van der Waals surface area contributed by atoms with E-state index in [1.54, 1.807) is 26.4 Å². The average Bonchev–Trinajstić information content (AvgIpc) is 2.99. The molecule has 0 N–H and O–H groups in total. The van der Waals surface area contributed by atoms with Crippen molar-refractivity contribution in [3.63, 3.8) is 0 Å². The summed E-state index contributed by atoms with van der Waals surface area (Å²) in [6, 6.07) is 5.64. The van der Waals surface area contributed by atoms with Gasteiger partial charge in [0.25, 0.3) is 5.91 Å². The van der Waals surface area contributed by atoms with Gasteiger partial charge in [0, 0.05) is 19.6 Å². The predicted molar refractivity (Wildman–Crippen MR) is 81.6 cm³/mol. The molecule has 3 rings (SSSR count). The summed E-state index contributed by atoms with van der Waals surface area (Å²) in [5.41, 5.74) is 0.480.